The van der Waals surface area contributed by atoms with Crippen molar-refractivity contribution in [3.63, 3.8) is 0 Å². The third-order valence-corrected chi connectivity index (χ3v) is 4.06. The molecule has 20 heavy (non-hydrogen) atoms. The van der Waals surface area contributed by atoms with Crippen LogP contribution in [0.25, 0.3) is 0 Å². The standard InChI is InChI=1S/C17H21N3/c1-12-4-3-5-14(8-12)15-9-17(10-15)19-11-16-6-7-18-13(2)20-16/h3-8,15,17,19H,9-11H2,1-2H3. The van der Waals surface area contributed by atoms with E-state index in [1.165, 1.54) is 24.0 Å². The molecule has 0 saturated heterocycles. The van der Waals surface area contributed by atoms with Crippen LogP contribution in [0.15, 0.2) is 36.5 Å². The summed E-state index contributed by atoms with van der Waals surface area (Å²) in [5.74, 6) is 1.56. The molecule has 1 saturated carbocycles. The zero-order chi connectivity index (χ0) is 13.9. The summed E-state index contributed by atoms with van der Waals surface area (Å²) in [4.78, 5) is 8.54. The Labute approximate surface area is 120 Å². The van der Waals surface area contributed by atoms with Gasteiger partial charge in [-0.15, -0.1) is 0 Å². The first-order valence-corrected chi connectivity index (χ1v) is 7.29. The van der Waals surface area contributed by atoms with Crippen molar-refractivity contribution in [1.29, 1.82) is 0 Å². The molecule has 0 aliphatic heterocycles. The van der Waals surface area contributed by atoms with Gasteiger partial charge < -0.3 is 5.32 Å². The lowest BCUT2D eigenvalue weighted by Gasteiger charge is -2.36. The first kappa shape index (κ1) is 13.3. The van der Waals surface area contributed by atoms with Crippen molar-refractivity contribution in [3.8, 4) is 0 Å². The van der Waals surface area contributed by atoms with E-state index in [0.717, 1.165) is 24.0 Å². The second-order valence-electron chi connectivity index (χ2n) is 5.76. The smallest absolute Gasteiger partial charge is 0.125 e. The van der Waals surface area contributed by atoms with Gasteiger partial charge in [0, 0.05) is 18.8 Å². The van der Waals surface area contributed by atoms with E-state index in [-0.39, 0.29) is 0 Å². The van der Waals surface area contributed by atoms with E-state index in [4.69, 9.17) is 0 Å². The molecule has 104 valence electrons. The summed E-state index contributed by atoms with van der Waals surface area (Å²) < 4.78 is 0. The molecule has 1 fully saturated rings. The Hall–Kier alpha value is -1.74. The van der Waals surface area contributed by atoms with Crippen LogP contribution in [0.3, 0.4) is 0 Å². The van der Waals surface area contributed by atoms with E-state index < -0.39 is 0 Å². The molecule has 3 rings (SSSR count). The number of nitrogens with one attached hydrogen (secondary N) is 1. The Kier molecular flexibility index (Phi) is 3.79. The van der Waals surface area contributed by atoms with Gasteiger partial charge in [-0.2, -0.15) is 0 Å². The van der Waals surface area contributed by atoms with Gasteiger partial charge in [-0.25, -0.2) is 9.97 Å². The molecule has 1 aromatic heterocycles. The second kappa shape index (κ2) is 5.71. The molecule has 0 amide bonds. The fraction of sp³-hybridized carbons (Fsp3) is 0.412. The van der Waals surface area contributed by atoms with Gasteiger partial charge in [-0.3, -0.25) is 0 Å². The Morgan fingerprint density at radius 3 is 2.80 bits per heavy atom. The lowest BCUT2D eigenvalue weighted by atomic mass is 9.75. The first-order valence-electron chi connectivity index (χ1n) is 7.29. The van der Waals surface area contributed by atoms with Gasteiger partial charge >= 0.3 is 0 Å². The van der Waals surface area contributed by atoms with Crippen molar-refractivity contribution < 1.29 is 0 Å². The molecule has 0 spiro atoms. The maximum absolute atomic E-state index is 4.42. The van der Waals surface area contributed by atoms with Crippen LogP contribution in [0.2, 0.25) is 0 Å². The summed E-state index contributed by atoms with van der Waals surface area (Å²) in [7, 11) is 0. The Bertz CT molecular complexity index is 586. The van der Waals surface area contributed by atoms with Crippen molar-refractivity contribution in [1.82, 2.24) is 15.3 Å². The van der Waals surface area contributed by atoms with Crippen LogP contribution in [0, 0.1) is 13.8 Å². The largest absolute Gasteiger partial charge is 0.308 e. The summed E-state index contributed by atoms with van der Waals surface area (Å²) >= 11 is 0. The third kappa shape index (κ3) is 3.05. The molecule has 0 atom stereocenters. The molecular weight excluding hydrogens is 246 g/mol. The molecule has 1 aliphatic carbocycles. The zero-order valence-electron chi connectivity index (χ0n) is 12.1. The zero-order valence-corrected chi connectivity index (χ0v) is 12.1. The summed E-state index contributed by atoms with van der Waals surface area (Å²) in [6.45, 7) is 4.94. The topological polar surface area (TPSA) is 37.8 Å². The van der Waals surface area contributed by atoms with Crippen LogP contribution >= 0.6 is 0 Å². The van der Waals surface area contributed by atoms with Crippen molar-refractivity contribution in [2.75, 3.05) is 0 Å². The van der Waals surface area contributed by atoms with Gasteiger partial charge in [0.05, 0.1) is 5.69 Å². The molecule has 0 bridgehead atoms. The minimum atomic E-state index is 0.621. The minimum absolute atomic E-state index is 0.621. The highest BCUT2D eigenvalue weighted by molar-refractivity contribution is 5.27. The molecule has 0 unspecified atom stereocenters. The molecular formula is C17H21N3. The predicted octanol–water partition coefficient (Wildman–Crippen LogP) is 3.13. The van der Waals surface area contributed by atoms with Crippen LogP contribution in [0.4, 0.5) is 0 Å². The van der Waals surface area contributed by atoms with Gasteiger partial charge in [0.15, 0.2) is 0 Å². The number of rotatable bonds is 4. The van der Waals surface area contributed by atoms with Crippen LogP contribution < -0.4 is 5.32 Å². The van der Waals surface area contributed by atoms with E-state index in [1.54, 1.807) is 0 Å². The van der Waals surface area contributed by atoms with Gasteiger partial charge in [-0.1, -0.05) is 29.8 Å². The average Bonchev–Trinajstić information content (AvgIpc) is 2.37. The van der Waals surface area contributed by atoms with E-state index in [9.17, 15) is 0 Å². The van der Waals surface area contributed by atoms with Crippen LogP contribution in [0.5, 0.6) is 0 Å². The average molecular weight is 267 g/mol. The Morgan fingerprint density at radius 2 is 2.05 bits per heavy atom. The lowest BCUT2D eigenvalue weighted by molar-refractivity contribution is 0.288. The van der Waals surface area contributed by atoms with E-state index >= 15 is 0 Å². The maximum Gasteiger partial charge on any atom is 0.125 e. The molecule has 2 aromatic rings. The Balaban J connectivity index is 1.49. The first-order chi connectivity index (χ1) is 9.70. The van der Waals surface area contributed by atoms with E-state index in [2.05, 4.69) is 46.5 Å². The monoisotopic (exact) mass is 267 g/mol. The van der Waals surface area contributed by atoms with Crippen molar-refractivity contribution >= 4 is 0 Å². The summed E-state index contributed by atoms with van der Waals surface area (Å²) in [5, 5.41) is 3.59. The molecule has 3 nitrogen and oxygen atoms in total. The van der Waals surface area contributed by atoms with Crippen molar-refractivity contribution in [3.05, 3.63) is 59.2 Å². The van der Waals surface area contributed by atoms with E-state index in [1.807, 2.05) is 19.2 Å². The molecule has 1 aromatic carbocycles. The molecule has 0 radical (unpaired) electrons. The third-order valence-electron chi connectivity index (χ3n) is 4.06. The predicted molar refractivity (Wildman–Crippen MR) is 80.6 cm³/mol. The molecule has 1 aliphatic rings. The number of nitrogens with zero attached hydrogens (tertiary/aromatic N) is 2. The van der Waals surface area contributed by atoms with Crippen LogP contribution in [-0.4, -0.2) is 16.0 Å². The normalized spacial score (nSPS) is 21.5. The van der Waals surface area contributed by atoms with Crippen LogP contribution in [-0.2, 0) is 6.54 Å². The minimum Gasteiger partial charge on any atom is -0.308 e. The van der Waals surface area contributed by atoms with Crippen LogP contribution in [0.1, 0.15) is 41.4 Å². The highest BCUT2D eigenvalue weighted by Crippen LogP contribution is 2.37. The van der Waals surface area contributed by atoms with E-state index in [0.29, 0.717) is 6.04 Å². The van der Waals surface area contributed by atoms with Crippen molar-refractivity contribution in [2.24, 2.45) is 0 Å². The quantitative estimate of drug-likeness (QED) is 0.925. The number of aryl methyl sites for hydroxylation is 2. The number of aromatic nitrogens is 2. The fourth-order valence-corrected chi connectivity index (χ4v) is 2.83. The highest BCUT2D eigenvalue weighted by Gasteiger charge is 2.29. The number of hydrogen-bond donors (Lipinski definition) is 1. The number of hydrogen-bond acceptors (Lipinski definition) is 3. The molecule has 1 heterocycles. The van der Waals surface area contributed by atoms with Gasteiger partial charge in [0.2, 0.25) is 0 Å². The summed E-state index contributed by atoms with van der Waals surface area (Å²) in [5.41, 5.74) is 3.92. The fourth-order valence-electron chi connectivity index (χ4n) is 2.83. The molecule has 3 heteroatoms. The van der Waals surface area contributed by atoms with Gasteiger partial charge in [0.25, 0.3) is 0 Å². The Morgan fingerprint density at radius 1 is 1.20 bits per heavy atom. The summed E-state index contributed by atoms with van der Waals surface area (Å²) in [6, 6.07) is 11.5. The van der Waals surface area contributed by atoms with Crippen molar-refractivity contribution in [2.45, 2.75) is 45.2 Å². The maximum atomic E-state index is 4.42. The van der Waals surface area contributed by atoms with Gasteiger partial charge in [-0.05, 0) is 44.2 Å². The number of benzene rings is 1. The summed E-state index contributed by atoms with van der Waals surface area (Å²) in [6.07, 6.45) is 4.29. The highest BCUT2D eigenvalue weighted by atomic mass is 15.0. The van der Waals surface area contributed by atoms with Gasteiger partial charge in [0.1, 0.15) is 5.82 Å². The second-order valence-corrected chi connectivity index (χ2v) is 5.76. The lowest BCUT2D eigenvalue weighted by Crippen LogP contribution is -2.39. The SMILES string of the molecule is Cc1cccc(C2CC(NCc3ccnc(C)n3)C2)c1. The molecule has 1 N–H and O–H groups in total.